The van der Waals surface area contributed by atoms with Crippen molar-refractivity contribution in [2.45, 2.75) is 58.1 Å². The summed E-state index contributed by atoms with van der Waals surface area (Å²) in [5, 5.41) is 9.79. The summed E-state index contributed by atoms with van der Waals surface area (Å²) in [7, 11) is 0. The number of fused-ring (bicyclic) bond motifs is 1. The Labute approximate surface area is 191 Å². The first-order chi connectivity index (χ1) is 15.4. The van der Waals surface area contributed by atoms with Crippen molar-refractivity contribution in [3.05, 3.63) is 63.1 Å². The molecule has 32 heavy (non-hydrogen) atoms. The number of Topliss-reactive ketones (excluding diaryl/α,β-unsaturated/α-hetero) is 1. The van der Waals surface area contributed by atoms with E-state index in [9.17, 15) is 14.9 Å². The number of ether oxygens (including phenoxy) is 1. The topological polar surface area (TPSA) is 85.2 Å². The Morgan fingerprint density at radius 2 is 1.97 bits per heavy atom. The molecule has 0 bridgehead atoms. The summed E-state index contributed by atoms with van der Waals surface area (Å²) >= 11 is 6.04. The second kappa shape index (κ2) is 9.22. The van der Waals surface area contributed by atoms with E-state index in [0.717, 1.165) is 36.8 Å². The molecule has 0 unspecified atom stereocenters. The van der Waals surface area contributed by atoms with E-state index in [1.807, 2.05) is 26.0 Å². The molecule has 0 aliphatic heterocycles. The molecular weight excluding hydrogens is 428 g/mol. The number of carbonyl (C=O) groups excluding carboxylic acids is 1. The molecule has 1 aliphatic carbocycles. The second-order valence-corrected chi connectivity index (χ2v) is 9.06. The molecule has 1 heterocycles. The molecule has 2 aromatic carbocycles. The molecule has 6 nitrogen and oxygen atoms in total. The van der Waals surface area contributed by atoms with Crippen LogP contribution in [0.2, 0.25) is 5.02 Å². The number of oxazole rings is 1. The first-order valence-electron chi connectivity index (χ1n) is 10.9. The van der Waals surface area contributed by atoms with Crippen LogP contribution in [0, 0.1) is 17.2 Å². The van der Waals surface area contributed by atoms with E-state index in [2.05, 4.69) is 6.07 Å². The summed E-state index contributed by atoms with van der Waals surface area (Å²) in [6.07, 6.45) is 3.26. The molecule has 7 heteroatoms. The zero-order valence-corrected chi connectivity index (χ0v) is 18.9. The van der Waals surface area contributed by atoms with Gasteiger partial charge in [-0.3, -0.25) is 9.36 Å². The summed E-state index contributed by atoms with van der Waals surface area (Å²) in [5.74, 6) is 0.287. The number of aromatic nitrogens is 1. The van der Waals surface area contributed by atoms with Crippen LogP contribution in [-0.2, 0) is 11.2 Å². The highest BCUT2D eigenvalue weighted by atomic mass is 35.5. The number of rotatable bonds is 6. The number of nitrogens with zero attached hydrogens (tertiary/aromatic N) is 2. The Balaban J connectivity index is 1.37. The van der Waals surface area contributed by atoms with Crippen molar-refractivity contribution in [2.24, 2.45) is 5.92 Å². The first kappa shape index (κ1) is 22.2. The van der Waals surface area contributed by atoms with Crippen LogP contribution in [-0.4, -0.2) is 16.5 Å². The highest BCUT2D eigenvalue weighted by Gasteiger charge is 2.28. The van der Waals surface area contributed by atoms with Gasteiger partial charge < -0.3 is 9.15 Å². The largest absolute Gasteiger partial charge is 0.489 e. The van der Waals surface area contributed by atoms with Gasteiger partial charge in [-0.1, -0.05) is 17.7 Å². The minimum Gasteiger partial charge on any atom is -0.489 e. The van der Waals surface area contributed by atoms with Crippen molar-refractivity contribution in [3.8, 4) is 11.8 Å². The van der Waals surface area contributed by atoms with Gasteiger partial charge in [0.25, 0.3) is 0 Å². The Morgan fingerprint density at radius 1 is 1.22 bits per heavy atom. The molecule has 166 valence electrons. The van der Waals surface area contributed by atoms with Crippen LogP contribution in [0.5, 0.6) is 5.75 Å². The van der Waals surface area contributed by atoms with Gasteiger partial charge in [0.2, 0.25) is 0 Å². The first-order valence-corrected chi connectivity index (χ1v) is 11.3. The highest BCUT2D eigenvalue weighted by Crippen LogP contribution is 2.31. The van der Waals surface area contributed by atoms with Gasteiger partial charge in [0.1, 0.15) is 17.6 Å². The Morgan fingerprint density at radius 3 is 2.66 bits per heavy atom. The van der Waals surface area contributed by atoms with Gasteiger partial charge in [0, 0.05) is 29.5 Å². The average molecular weight is 453 g/mol. The number of ketones is 1. The molecular formula is C25H25ClN2O4. The van der Waals surface area contributed by atoms with Gasteiger partial charge >= 0.3 is 5.76 Å². The maximum absolute atomic E-state index is 12.9. The van der Waals surface area contributed by atoms with Crippen LogP contribution in [0.3, 0.4) is 0 Å². The van der Waals surface area contributed by atoms with Gasteiger partial charge in [-0.25, -0.2) is 4.79 Å². The minimum atomic E-state index is -0.379. The molecule has 3 aromatic rings. The maximum atomic E-state index is 12.9. The van der Waals surface area contributed by atoms with Crippen LogP contribution in [0.15, 0.2) is 45.6 Å². The second-order valence-electron chi connectivity index (χ2n) is 8.62. The van der Waals surface area contributed by atoms with E-state index in [1.165, 1.54) is 0 Å². The number of hydrogen-bond acceptors (Lipinski definition) is 5. The molecule has 1 saturated carbocycles. The van der Waals surface area contributed by atoms with Crippen molar-refractivity contribution in [3.63, 3.8) is 0 Å². The monoisotopic (exact) mass is 452 g/mol. The normalized spacial score (nSPS) is 18.6. The number of carbonyl (C=O) groups is 1. The standard InChI is InChI=1S/C25H25ClN2O4/c1-15(2)28-21-10-3-16(12-24(21)32-25(28)30)11-22(29)17-5-8-20(9-6-17)31-23-13-19(26)7-4-18(23)14-27/h3-4,7,10,12-13,15,17,20H,5-6,8-9,11H2,1-2H3. The van der Waals surface area contributed by atoms with Gasteiger partial charge in [-0.15, -0.1) is 0 Å². The summed E-state index contributed by atoms with van der Waals surface area (Å²) < 4.78 is 13.0. The molecule has 0 atom stereocenters. The number of hydrogen-bond donors (Lipinski definition) is 0. The SMILES string of the molecule is CC(C)n1c(=O)oc2cc(CC(=O)C3CCC(Oc4cc(Cl)ccc4C#N)CC3)ccc21. The molecule has 0 N–H and O–H groups in total. The van der Waals surface area contributed by atoms with E-state index < -0.39 is 0 Å². The highest BCUT2D eigenvalue weighted by molar-refractivity contribution is 6.30. The van der Waals surface area contributed by atoms with Gasteiger partial charge in [0.15, 0.2) is 5.58 Å². The molecule has 0 spiro atoms. The van der Waals surface area contributed by atoms with E-state index >= 15 is 0 Å². The Bertz CT molecular complexity index is 1240. The number of nitriles is 1. The molecule has 0 radical (unpaired) electrons. The fraction of sp³-hybridized carbons (Fsp3) is 0.400. The van der Waals surface area contributed by atoms with Crippen LogP contribution >= 0.6 is 11.6 Å². The lowest BCUT2D eigenvalue weighted by molar-refractivity contribution is -0.123. The Hall–Kier alpha value is -3.04. The van der Waals surface area contributed by atoms with Crippen LogP contribution in [0.1, 0.15) is 56.7 Å². The molecule has 1 fully saturated rings. The lowest BCUT2D eigenvalue weighted by atomic mass is 9.83. The van der Waals surface area contributed by atoms with Crippen molar-refractivity contribution < 1.29 is 13.9 Å². The summed E-state index contributed by atoms with van der Waals surface area (Å²) in [6, 6.07) is 12.7. The Kier molecular flexibility index (Phi) is 6.38. The van der Waals surface area contributed by atoms with Crippen LogP contribution < -0.4 is 10.5 Å². The average Bonchev–Trinajstić information content (AvgIpc) is 3.09. The smallest absolute Gasteiger partial charge is 0.420 e. The third kappa shape index (κ3) is 4.58. The summed E-state index contributed by atoms with van der Waals surface area (Å²) in [6.45, 7) is 3.86. The van der Waals surface area contributed by atoms with Crippen molar-refractivity contribution in [1.29, 1.82) is 5.26 Å². The van der Waals surface area contributed by atoms with Gasteiger partial charge in [-0.2, -0.15) is 5.26 Å². The summed E-state index contributed by atoms with van der Waals surface area (Å²) in [5.41, 5.74) is 2.57. The summed E-state index contributed by atoms with van der Waals surface area (Å²) in [4.78, 5) is 25.0. The van der Waals surface area contributed by atoms with Gasteiger partial charge in [0.05, 0.1) is 17.2 Å². The van der Waals surface area contributed by atoms with Crippen molar-refractivity contribution >= 4 is 28.5 Å². The zero-order valence-electron chi connectivity index (χ0n) is 18.1. The molecule has 4 rings (SSSR count). The van der Waals surface area contributed by atoms with Crippen LogP contribution in [0.25, 0.3) is 11.1 Å². The van der Waals surface area contributed by atoms with Crippen LogP contribution in [0.4, 0.5) is 0 Å². The maximum Gasteiger partial charge on any atom is 0.420 e. The molecule has 1 aliphatic rings. The third-order valence-corrected chi connectivity index (χ3v) is 6.29. The molecule has 0 amide bonds. The fourth-order valence-electron chi connectivity index (χ4n) is 4.39. The van der Waals surface area contributed by atoms with Crippen molar-refractivity contribution in [2.75, 3.05) is 0 Å². The quantitative estimate of drug-likeness (QED) is 0.496. The minimum absolute atomic E-state index is 0.00443. The van der Waals surface area contributed by atoms with E-state index in [4.69, 9.17) is 20.8 Å². The fourth-order valence-corrected chi connectivity index (χ4v) is 4.56. The predicted octanol–water partition coefficient (Wildman–Crippen LogP) is 5.45. The van der Waals surface area contributed by atoms with Crippen molar-refractivity contribution in [1.82, 2.24) is 4.57 Å². The lowest BCUT2D eigenvalue weighted by Gasteiger charge is -2.28. The number of benzene rings is 2. The lowest BCUT2D eigenvalue weighted by Crippen LogP contribution is -2.29. The van der Waals surface area contributed by atoms with E-state index in [-0.39, 0.29) is 29.6 Å². The van der Waals surface area contributed by atoms with E-state index in [0.29, 0.717) is 28.3 Å². The third-order valence-electron chi connectivity index (χ3n) is 6.06. The number of halogens is 1. The molecule has 0 saturated heterocycles. The van der Waals surface area contributed by atoms with Gasteiger partial charge in [-0.05, 0) is 69.4 Å². The predicted molar refractivity (Wildman–Crippen MR) is 122 cm³/mol. The van der Waals surface area contributed by atoms with E-state index in [1.54, 1.807) is 28.8 Å². The zero-order chi connectivity index (χ0) is 22.8. The molecule has 1 aromatic heterocycles.